The van der Waals surface area contributed by atoms with Crippen molar-refractivity contribution in [1.29, 1.82) is 0 Å². The Morgan fingerprint density at radius 2 is 1.50 bits per heavy atom. The van der Waals surface area contributed by atoms with Gasteiger partial charge in [-0.2, -0.15) is 5.10 Å². The van der Waals surface area contributed by atoms with Crippen molar-refractivity contribution in [2.75, 3.05) is 0 Å². The molecule has 3 N–H and O–H groups in total. The van der Waals surface area contributed by atoms with Gasteiger partial charge in [0.2, 0.25) is 0 Å². The van der Waals surface area contributed by atoms with Crippen molar-refractivity contribution in [2.24, 2.45) is 5.10 Å². The number of carbonyl (C=O) groups is 1. The molecule has 0 spiro atoms. The molecule has 0 heterocycles. The highest BCUT2D eigenvalue weighted by molar-refractivity contribution is 6.36. The van der Waals surface area contributed by atoms with E-state index in [-0.39, 0.29) is 16.3 Å². The summed E-state index contributed by atoms with van der Waals surface area (Å²) in [6.45, 7) is 0. The van der Waals surface area contributed by atoms with Crippen molar-refractivity contribution in [3.05, 3.63) is 99.5 Å². The molecule has 0 bridgehead atoms. The third-order valence-corrected chi connectivity index (χ3v) is 4.65. The van der Waals surface area contributed by atoms with Gasteiger partial charge in [0.1, 0.15) is 5.75 Å². The number of halogens is 2. The molecular weight excluding hydrogens is 399 g/mol. The van der Waals surface area contributed by atoms with E-state index in [1.165, 1.54) is 18.3 Å². The van der Waals surface area contributed by atoms with Gasteiger partial charge in [-0.05, 0) is 23.3 Å². The first-order valence-corrected chi connectivity index (χ1v) is 9.03. The maximum atomic E-state index is 12.9. The van der Waals surface area contributed by atoms with Gasteiger partial charge < -0.3 is 10.2 Å². The molecule has 0 radical (unpaired) electrons. The molecule has 0 saturated carbocycles. The van der Waals surface area contributed by atoms with Crippen LogP contribution in [0.25, 0.3) is 0 Å². The maximum Gasteiger partial charge on any atom is 0.281 e. The highest BCUT2D eigenvalue weighted by Gasteiger charge is 2.39. The summed E-state index contributed by atoms with van der Waals surface area (Å²) in [4.78, 5) is 12.9. The number of hydrogen-bond donors (Lipinski definition) is 3. The van der Waals surface area contributed by atoms with Crippen LogP contribution in [-0.4, -0.2) is 22.3 Å². The van der Waals surface area contributed by atoms with Gasteiger partial charge in [0.15, 0.2) is 5.60 Å². The molecule has 28 heavy (non-hydrogen) atoms. The summed E-state index contributed by atoms with van der Waals surface area (Å²) >= 11 is 11.8. The Balaban J connectivity index is 1.91. The lowest BCUT2D eigenvalue weighted by Crippen LogP contribution is -2.43. The minimum absolute atomic E-state index is 0.0605. The molecule has 3 aromatic carbocycles. The van der Waals surface area contributed by atoms with Crippen LogP contribution in [0.1, 0.15) is 16.7 Å². The Bertz CT molecular complexity index is 969. The van der Waals surface area contributed by atoms with E-state index in [2.05, 4.69) is 10.5 Å². The number of nitrogens with one attached hydrogen (secondary N) is 1. The molecule has 3 rings (SSSR count). The third kappa shape index (κ3) is 4.02. The minimum atomic E-state index is -1.95. The van der Waals surface area contributed by atoms with Crippen LogP contribution < -0.4 is 5.43 Å². The van der Waals surface area contributed by atoms with Crippen molar-refractivity contribution in [1.82, 2.24) is 5.43 Å². The lowest BCUT2D eigenvalue weighted by Gasteiger charge is -2.27. The molecule has 5 nitrogen and oxygen atoms in total. The van der Waals surface area contributed by atoms with Gasteiger partial charge in [-0.25, -0.2) is 5.43 Å². The number of aliphatic hydroxyl groups is 1. The first-order chi connectivity index (χ1) is 13.4. The fourth-order valence-corrected chi connectivity index (χ4v) is 3.22. The van der Waals surface area contributed by atoms with Crippen LogP contribution >= 0.6 is 23.2 Å². The van der Waals surface area contributed by atoms with Gasteiger partial charge in [-0.3, -0.25) is 4.79 Å². The summed E-state index contributed by atoms with van der Waals surface area (Å²) in [6, 6.07) is 19.9. The lowest BCUT2D eigenvalue weighted by molar-refractivity contribution is -0.136. The fourth-order valence-electron chi connectivity index (χ4n) is 2.71. The Kier molecular flexibility index (Phi) is 5.99. The van der Waals surface area contributed by atoms with Crippen LogP contribution in [0, 0.1) is 0 Å². The van der Waals surface area contributed by atoms with Crippen molar-refractivity contribution < 1.29 is 15.0 Å². The quantitative estimate of drug-likeness (QED) is 0.434. The third-order valence-electron chi connectivity index (χ3n) is 4.14. The standard InChI is InChI=1S/C21H16Cl2N2O3/c22-17-11-14(19(26)18(23)12-17)13-24-25-20(27)21(28,15-7-3-1-4-8-15)16-9-5-2-6-10-16/h1-13,26,28H,(H,25,27)/b24-13-. The number of nitrogens with zero attached hydrogens (tertiary/aromatic N) is 1. The summed E-state index contributed by atoms with van der Waals surface area (Å²) in [5, 5.41) is 25.5. The van der Waals surface area contributed by atoms with Crippen LogP contribution in [0.15, 0.2) is 77.9 Å². The van der Waals surface area contributed by atoms with E-state index in [0.29, 0.717) is 16.1 Å². The molecule has 0 atom stereocenters. The van der Waals surface area contributed by atoms with Crippen LogP contribution in [0.2, 0.25) is 10.0 Å². The number of benzene rings is 3. The molecule has 142 valence electrons. The van der Waals surface area contributed by atoms with Crippen molar-refractivity contribution in [2.45, 2.75) is 5.60 Å². The average Bonchev–Trinajstić information content (AvgIpc) is 2.72. The monoisotopic (exact) mass is 414 g/mol. The van der Waals surface area contributed by atoms with Crippen LogP contribution in [0.4, 0.5) is 0 Å². The number of phenolic OH excluding ortho intramolecular Hbond substituents is 1. The van der Waals surface area contributed by atoms with Gasteiger partial charge in [0.05, 0.1) is 11.2 Å². The molecule has 0 aliphatic rings. The molecule has 3 aromatic rings. The number of aromatic hydroxyl groups is 1. The predicted octanol–water partition coefficient (Wildman–Crippen LogP) is 4.09. The second kappa shape index (κ2) is 8.44. The van der Waals surface area contributed by atoms with E-state index in [9.17, 15) is 15.0 Å². The first kappa shape index (κ1) is 19.9. The highest BCUT2D eigenvalue weighted by atomic mass is 35.5. The largest absolute Gasteiger partial charge is 0.506 e. The van der Waals surface area contributed by atoms with E-state index in [0.717, 1.165) is 0 Å². The van der Waals surface area contributed by atoms with Crippen molar-refractivity contribution >= 4 is 35.3 Å². The fraction of sp³-hybridized carbons (Fsp3) is 0.0476. The number of hydrogen-bond acceptors (Lipinski definition) is 4. The predicted molar refractivity (Wildman–Crippen MR) is 110 cm³/mol. The minimum Gasteiger partial charge on any atom is -0.506 e. The number of hydrazone groups is 1. The summed E-state index contributed by atoms with van der Waals surface area (Å²) in [7, 11) is 0. The van der Waals surface area contributed by atoms with Crippen LogP contribution in [0.5, 0.6) is 5.75 Å². The number of carbonyl (C=O) groups excluding carboxylic acids is 1. The summed E-state index contributed by atoms with van der Waals surface area (Å²) in [6.07, 6.45) is 1.20. The van der Waals surface area contributed by atoms with E-state index < -0.39 is 11.5 Å². The number of rotatable bonds is 5. The van der Waals surface area contributed by atoms with Crippen molar-refractivity contribution in [3.8, 4) is 5.75 Å². The maximum absolute atomic E-state index is 12.9. The SMILES string of the molecule is O=C(N/N=C\c1cc(Cl)cc(Cl)c1O)C(O)(c1ccccc1)c1ccccc1. The number of amides is 1. The van der Waals surface area contributed by atoms with Gasteiger partial charge in [0.25, 0.3) is 5.91 Å². The second-order valence-electron chi connectivity index (χ2n) is 5.97. The molecule has 0 aliphatic carbocycles. The van der Waals surface area contributed by atoms with E-state index in [1.807, 2.05) is 0 Å². The highest BCUT2D eigenvalue weighted by Crippen LogP contribution is 2.31. The number of phenols is 1. The summed E-state index contributed by atoms with van der Waals surface area (Å²) < 4.78 is 0. The first-order valence-electron chi connectivity index (χ1n) is 8.28. The van der Waals surface area contributed by atoms with Gasteiger partial charge in [-0.1, -0.05) is 83.9 Å². The van der Waals surface area contributed by atoms with Crippen LogP contribution in [-0.2, 0) is 10.4 Å². The van der Waals surface area contributed by atoms with E-state index in [1.54, 1.807) is 60.7 Å². The Labute approximate surface area is 171 Å². The normalized spacial score (nSPS) is 11.5. The lowest BCUT2D eigenvalue weighted by atomic mass is 9.85. The molecule has 0 fully saturated rings. The zero-order valence-electron chi connectivity index (χ0n) is 14.5. The second-order valence-corrected chi connectivity index (χ2v) is 6.81. The molecule has 1 amide bonds. The average molecular weight is 415 g/mol. The molecule has 0 aliphatic heterocycles. The topological polar surface area (TPSA) is 81.9 Å². The van der Waals surface area contributed by atoms with Gasteiger partial charge in [-0.15, -0.1) is 0 Å². The molecule has 0 aromatic heterocycles. The summed E-state index contributed by atoms with van der Waals surface area (Å²) in [5.74, 6) is -0.973. The van der Waals surface area contributed by atoms with Gasteiger partial charge >= 0.3 is 0 Å². The Morgan fingerprint density at radius 1 is 0.964 bits per heavy atom. The summed E-state index contributed by atoms with van der Waals surface area (Å²) in [5.41, 5.74) is 1.37. The smallest absolute Gasteiger partial charge is 0.281 e. The Hall–Kier alpha value is -2.86. The Morgan fingerprint density at radius 3 is 2.04 bits per heavy atom. The van der Waals surface area contributed by atoms with Crippen LogP contribution in [0.3, 0.4) is 0 Å². The molecular formula is C21H16Cl2N2O3. The zero-order chi connectivity index (χ0) is 20.1. The molecule has 0 unspecified atom stereocenters. The van der Waals surface area contributed by atoms with Crippen molar-refractivity contribution in [3.63, 3.8) is 0 Å². The zero-order valence-corrected chi connectivity index (χ0v) is 16.0. The van der Waals surface area contributed by atoms with E-state index >= 15 is 0 Å². The molecule has 7 heteroatoms. The molecule has 0 saturated heterocycles. The van der Waals surface area contributed by atoms with Gasteiger partial charge in [0, 0.05) is 10.6 Å². The van der Waals surface area contributed by atoms with E-state index in [4.69, 9.17) is 23.2 Å².